The van der Waals surface area contributed by atoms with Crippen LogP contribution in [0, 0.1) is 51.2 Å². The standard InChI is InChI=1S/C61H104O29/c1-23(10-12-36(58(5,6)80)89-56-50(90-55-49(79)43(73)39(69)31(20-64)85-55)45(75)41(71)33(87-56)22-81-52-46(76)37(67)24(2)29(18-62)83-52)25-14-15-59(7)51-28(65)16-27-26(61(51,9)34(66)17-60(25,59)8)11-13-35(57(27,3)4)88-54-48(78)44(74)40(70)32(86-54)21-82-53-47(77)42(72)38(68)30(19-63)84-53/h16,23-26,28-56,62-80H,10-15,17-22H2,1-9H3/t23-,24-,25-,26-,28?,29-,30-,31-,32-,33-,34-,35+,36-,37+,38-,39-,40-,41-,42+,43+,44+,45+,46-,47-,48-,49-,50-,51+,52-,53-,54+,55+,56+,59+,60-,61-/m1/s1. The Labute approximate surface area is 523 Å². The molecule has 19 N–H and O–H groups in total. The van der Waals surface area contributed by atoms with Crippen LogP contribution in [0.15, 0.2) is 11.6 Å². The van der Waals surface area contributed by atoms with Crippen molar-refractivity contribution in [2.45, 2.75) is 285 Å². The van der Waals surface area contributed by atoms with Gasteiger partial charge in [0, 0.05) is 22.7 Å². The molecule has 36 atom stereocenters. The van der Waals surface area contributed by atoms with E-state index in [1.165, 1.54) is 13.8 Å². The number of hydrogen-bond donors (Lipinski definition) is 19. The monoisotopic (exact) mass is 1300 g/mol. The number of aliphatic hydroxyl groups is 19. The van der Waals surface area contributed by atoms with E-state index in [2.05, 4.69) is 27.7 Å². The average Bonchev–Trinajstić information content (AvgIpc) is 1.27. The van der Waals surface area contributed by atoms with Crippen molar-refractivity contribution in [3.05, 3.63) is 11.6 Å². The summed E-state index contributed by atoms with van der Waals surface area (Å²) in [6.45, 7) is 13.8. The van der Waals surface area contributed by atoms with Crippen LogP contribution in [0.1, 0.15) is 107 Å². The molecule has 8 fully saturated rings. The maximum atomic E-state index is 12.9. The summed E-state index contributed by atoms with van der Waals surface area (Å²) in [5.41, 5.74) is -3.62. The molecule has 0 aromatic rings. The van der Waals surface area contributed by atoms with Gasteiger partial charge in [0.2, 0.25) is 0 Å². The Morgan fingerprint density at radius 2 is 1.00 bits per heavy atom. The molecular weight excluding hydrogens is 1200 g/mol. The first-order valence-corrected chi connectivity index (χ1v) is 32.0. The first-order chi connectivity index (χ1) is 42.0. The second-order valence-electron chi connectivity index (χ2n) is 29.2. The third-order valence-electron chi connectivity index (χ3n) is 23.2. The van der Waals surface area contributed by atoms with Crippen molar-refractivity contribution < 1.29 is 144 Å². The fourth-order valence-corrected chi connectivity index (χ4v) is 17.3. The number of aliphatic hydroxyl groups excluding tert-OH is 18. The average molecular weight is 1300 g/mol. The van der Waals surface area contributed by atoms with Gasteiger partial charge >= 0.3 is 0 Å². The van der Waals surface area contributed by atoms with E-state index >= 15 is 0 Å². The molecule has 29 heteroatoms. The van der Waals surface area contributed by atoms with E-state index in [1.807, 2.05) is 19.9 Å². The lowest BCUT2D eigenvalue weighted by Crippen LogP contribution is -2.68. The highest BCUT2D eigenvalue weighted by Crippen LogP contribution is 2.75. The maximum Gasteiger partial charge on any atom is 0.187 e. The lowest BCUT2D eigenvalue weighted by Gasteiger charge is -2.68. The molecule has 0 amide bonds. The second-order valence-corrected chi connectivity index (χ2v) is 29.2. The topological polar surface area (TPSA) is 477 Å². The van der Waals surface area contributed by atoms with Crippen LogP contribution in [0.2, 0.25) is 0 Å². The van der Waals surface area contributed by atoms with Crippen molar-refractivity contribution in [3.8, 4) is 0 Å². The minimum atomic E-state index is -1.95. The van der Waals surface area contributed by atoms with Crippen molar-refractivity contribution >= 4 is 0 Å². The van der Waals surface area contributed by atoms with Gasteiger partial charge in [-0.2, -0.15) is 0 Å². The normalized spacial score (nSPS) is 52.2. The summed E-state index contributed by atoms with van der Waals surface area (Å²) in [7, 11) is 0. The van der Waals surface area contributed by atoms with Crippen LogP contribution >= 0.6 is 0 Å². The van der Waals surface area contributed by atoms with E-state index in [0.717, 1.165) is 12.0 Å². The molecule has 5 aliphatic heterocycles. The Morgan fingerprint density at radius 3 is 1.54 bits per heavy atom. The van der Waals surface area contributed by atoms with Crippen LogP contribution in [0.4, 0.5) is 0 Å². The Hall–Kier alpha value is -1.42. The van der Waals surface area contributed by atoms with Gasteiger partial charge < -0.3 is 144 Å². The van der Waals surface area contributed by atoms with E-state index in [4.69, 9.17) is 47.4 Å². The quantitative estimate of drug-likeness (QED) is 0.0507. The van der Waals surface area contributed by atoms with Gasteiger partial charge in [0.25, 0.3) is 0 Å². The Bertz CT molecular complexity index is 2380. The molecule has 9 rings (SSSR count). The molecule has 0 radical (unpaired) electrons. The first-order valence-electron chi connectivity index (χ1n) is 32.0. The summed E-state index contributed by atoms with van der Waals surface area (Å²) in [4.78, 5) is 0. The SMILES string of the molecule is C[C@H]1[C@H](O)[C@@H](O)[C@H](OC[C@H]2O[C@@H](O[C@H](CC[C@@H](C)[C@H]3CC[C@@]4(C)[C@@H]5C(O)C=C6[C@@H](CC[C@H](O[C@@H]7O[C@H](CO[C@@H]8O[C@H](CO)[C@@H](O)[C@H](O)[C@H]8O)[C@@H](O)[C@H](O)[C@H]7O)C6(C)C)[C@]5(C)[C@H](O)C[C@]34C)C(C)(C)O)[C@H](O[C@@H]3O[C@H](CO)[C@@H](O)[C@H](O)[C@H]3O)[C@@H](O)[C@@H]2O)O[C@@H]1CO. The van der Waals surface area contributed by atoms with Crippen molar-refractivity contribution in [1.29, 1.82) is 0 Å². The fourth-order valence-electron chi connectivity index (χ4n) is 17.3. The molecule has 90 heavy (non-hydrogen) atoms. The van der Waals surface area contributed by atoms with Crippen LogP contribution in [0.3, 0.4) is 0 Å². The highest BCUT2D eigenvalue weighted by Gasteiger charge is 2.72. The lowest BCUT2D eigenvalue weighted by atomic mass is 9.37. The van der Waals surface area contributed by atoms with Crippen molar-refractivity contribution in [1.82, 2.24) is 0 Å². The largest absolute Gasteiger partial charge is 0.394 e. The zero-order valence-electron chi connectivity index (χ0n) is 52.7. The minimum Gasteiger partial charge on any atom is -0.394 e. The third kappa shape index (κ3) is 13.0. The summed E-state index contributed by atoms with van der Waals surface area (Å²) in [5, 5.41) is 208. The molecule has 0 aromatic carbocycles. The number of ether oxygens (including phenoxy) is 10. The van der Waals surface area contributed by atoms with Crippen molar-refractivity contribution in [3.63, 3.8) is 0 Å². The zero-order valence-corrected chi connectivity index (χ0v) is 52.7. The fraction of sp³-hybridized carbons (Fsp3) is 0.967. The van der Waals surface area contributed by atoms with Crippen LogP contribution in [-0.2, 0) is 47.4 Å². The van der Waals surface area contributed by atoms with E-state index in [9.17, 15) is 97.0 Å². The van der Waals surface area contributed by atoms with Gasteiger partial charge in [-0.3, -0.25) is 0 Å². The highest BCUT2D eigenvalue weighted by atomic mass is 16.8. The highest BCUT2D eigenvalue weighted by molar-refractivity contribution is 5.34. The molecule has 4 aliphatic carbocycles. The van der Waals surface area contributed by atoms with Crippen LogP contribution in [0.5, 0.6) is 0 Å². The zero-order chi connectivity index (χ0) is 66.4. The predicted molar refractivity (Wildman–Crippen MR) is 305 cm³/mol. The molecule has 5 heterocycles. The van der Waals surface area contributed by atoms with E-state index in [1.54, 1.807) is 6.92 Å². The molecule has 29 nitrogen and oxygen atoms in total. The van der Waals surface area contributed by atoms with Gasteiger partial charge in [-0.1, -0.05) is 60.1 Å². The molecule has 1 unspecified atom stereocenters. The third-order valence-corrected chi connectivity index (χ3v) is 23.2. The van der Waals surface area contributed by atoms with Gasteiger partial charge in [0.15, 0.2) is 31.5 Å². The molecule has 9 aliphatic rings. The van der Waals surface area contributed by atoms with Crippen molar-refractivity contribution in [2.75, 3.05) is 33.0 Å². The molecule has 0 bridgehead atoms. The minimum absolute atomic E-state index is 0.0412. The molecular formula is C61H104O29. The molecule has 3 saturated carbocycles. The number of rotatable bonds is 20. The maximum absolute atomic E-state index is 12.9. The second kappa shape index (κ2) is 27.8. The summed E-state index contributed by atoms with van der Waals surface area (Å²) < 4.78 is 59.7. The molecule has 0 spiro atoms. The first kappa shape index (κ1) is 72.8. The Kier molecular flexibility index (Phi) is 22.5. The summed E-state index contributed by atoms with van der Waals surface area (Å²) in [5.74, 6) is -1.51. The van der Waals surface area contributed by atoms with Crippen LogP contribution in [-0.4, -0.2) is 308 Å². The smallest absolute Gasteiger partial charge is 0.187 e. The van der Waals surface area contributed by atoms with Crippen LogP contribution < -0.4 is 0 Å². The Balaban J connectivity index is 0.895. The predicted octanol–water partition coefficient (Wildman–Crippen LogP) is -5.16. The van der Waals surface area contributed by atoms with E-state index < -0.39 is 244 Å². The van der Waals surface area contributed by atoms with Gasteiger partial charge in [-0.05, 0) is 87.4 Å². The number of hydrogen-bond acceptors (Lipinski definition) is 29. The van der Waals surface area contributed by atoms with Gasteiger partial charge in [-0.15, -0.1) is 0 Å². The Morgan fingerprint density at radius 1 is 0.533 bits per heavy atom. The van der Waals surface area contributed by atoms with Crippen molar-refractivity contribution in [2.24, 2.45) is 51.2 Å². The molecule has 5 saturated heterocycles. The van der Waals surface area contributed by atoms with Gasteiger partial charge in [-0.25, -0.2) is 0 Å². The molecule has 0 aromatic heterocycles. The summed E-state index contributed by atoms with van der Waals surface area (Å²) >= 11 is 0. The molecule has 522 valence electrons. The lowest BCUT2D eigenvalue weighted by molar-refractivity contribution is -0.380. The van der Waals surface area contributed by atoms with E-state index in [-0.39, 0.29) is 24.2 Å². The van der Waals surface area contributed by atoms with Gasteiger partial charge in [0.1, 0.15) is 104 Å². The summed E-state index contributed by atoms with van der Waals surface area (Å²) in [6, 6.07) is 0. The van der Waals surface area contributed by atoms with Gasteiger partial charge in [0.05, 0.1) is 75.3 Å². The van der Waals surface area contributed by atoms with Crippen LogP contribution in [0.25, 0.3) is 0 Å². The number of fused-ring (bicyclic) bond motifs is 5. The summed E-state index contributed by atoms with van der Waals surface area (Å²) in [6.07, 6.45) is -37.7. The van der Waals surface area contributed by atoms with E-state index in [0.29, 0.717) is 32.1 Å².